The van der Waals surface area contributed by atoms with Crippen molar-refractivity contribution in [3.05, 3.63) is 29.3 Å². The summed E-state index contributed by atoms with van der Waals surface area (Å²) >= 11 is 1.77. The Balaban J connectivity index is 1.41. The fourth-order valence-corrected chi connectivity index (χ4v) is 4.45. The molecule has 2 aromatic rings. The number of hydrogen-bond acceptors (Lipinski definition) is 4. The van der Waals surface area contributed by atoms with Gasteiger partial charge in [0.05, 0.1) is 29.7 Å². The van der Waals surface area contributed by atoms with Crippen molar-refractivity contribution in [2.24, 2.45) is 0 Å². The van der Waals surface area contributed by atoms with Gasteiger partial charge in [-0.3, -0.25) is 9.89 Å². The highest BCUT2D eigenvalue weighted by atomic mass is 32.2. The number of hydrogen-bond donors (Lipinski definition) is 2. The number of H-pyrrole nitrogens is 1. The lowest BCUT2D eigenvalue weighted by atomic mass is 9.85. The van der Waals surface area contributed by atoms with Gasteiger partial charge in [0.1, 0.15) is 0 Å². The molecule has 122 valence electrons. The fourth-order valence-electron chi connectivity index (χ4n) is 3.49. The molecule has 7 heteroatoms. The van der Waals surface area contributed by atoms with E-state index in [9.17, 15) is 4.79 Å². The lowest BCUT2D eigenvalue weighted by molar-refractivity contribution is 0.0948. The Hall–Kier alpha value is -1.76. The van der Waals surface area contributed by atoms with Gasteiger partial charge in [0.2, 0.25) is 0 Å². The molecule has 0 radical (unpaired) electrons. The second-order valence-corrected chi connectivity index (χ2v) is 7.33. The Bertz CT molecular complexity index is 680. The van der Waals surface area contributed by atoms with Crippen molar-refractivity contribution in [1.29, 1.82) is 0 Å². The minimum absolute atomic E-state index is 0.0554. The van der Waals surface area contributed by atoms with E-state index in [0.717, 1.165) is 41.7 Å². The first-order valence-electron chi connectivity index (χ1n) is 8.31. The van der Waals surface area contributed by atoms with Gasteiger partial charge in [-0.2, -0.15) is 5.10 Å². The third-order valence-corrected chi connectivity index (χ3v) is 5.68. The van der Waals surface area contributed by atoms with Crippen LogP contribution in [0.4, 0.5) is 0 Å². The normalized spacial score (nSPS) is 18.1. The number of carbonyl (C=O) groups excluding carboxylic acids is 1. The van der Waals surface area contributed by atoms with E-state index >= 15 is 0 Å². The average molecular weight is 331 g/mol. The number of aryl methyl sites for hydroxylation is 1. The Labute approximate surface area is 139 Å². The van der Waals surface area contributed by atoms with Gasteiger partial charge in [0, 0.05) is 24.4 Å². The van der Waals surface area contributed by atoms with Crippen LogP contribution in [0.15, 0.2) is 17.6 Å². The van der Waals surface area contributed by atoms with Crippen molar-refractivity contribution in [2.45, 2.75) is 56.3 Å². The zero-order valence-corrected chi connectivity index (χ0v) is 13.9. The summed E-state index contributed by atoms with van der Waals surface area (Å²) in [5.41, 5.74) is 2.62. The van der Waals surface area contributed by atoms with E-state index in [2.05, 4.69) is 25.1 Å². The molecule has 2 aliphatic rings. The van der Waals surface area contributed by atoms with Crippen molar-refractivity contribution >= 4 is 17.7 Å². The quantitative estimate of drug-likeness (QED) is 0.903. The Morgan fingerprint density at radius 2 is 2.26 bits per heavy atom. The van der Waals surface area contributed by atoms with Gasteiger partial charge in [-0.15, -0.1) is 0 Å². The van der Waals surface area contributed by atoms with Gasteiger partial charge in [-0.25, -0.2) is 4.98 Å². The first kappa shape index (κ1) is 14.8. The van der Waals surface area contributed by atoms with Crippen LogP contribution in [0.1, 0.15) is 59.8 Å². The van der Waals surface area contributed by atoms with Crippen LogP contribution in [0.3, 0.4) is 0 Å². The summed E-state index contributed by atoms with van der Waals surface area (Å²) in [5.74, 6) is 1.48. The van der Waals surface area contributed by atoms with Crippen molar-refractivity contribution in [3.63, 3.8) is 0 Å². The zero-order chi connectivity index (χ0) is 15.6. The van der Waals surface area contributed by atoms with E-state index in [1.54, 1.807) is 18.0 Å². The number of aromatic amines is 1. The maximum Gasteiger partial charge on any atom is 0.255 e. The standard InChI is InChI=1S/C16H21N5OS/c22-15(17-8-12-10-21-6-7-23-16(21)19-12)13-9-18-20-14(13)11-4-2-1-3-5-11/h9-11H,1-8H2,(H,17,22)(H,18,20). The molecule has 0 unspecified atom stereocenters. The monoisotopic (exact) mass is 331 g/mol. The lowest BCUT2D eigenvalue weighted by Gasteiger charge is -2.21. The molecule has 0 atom stereocenters. The van der Waals surface area contributed by atoms with Crippen LogP contribution in [-0.4, -0.2) is 31.4 Å². The Morgan fingerprint density at radius 1 is 1.39 bits per heavy atom. The van der Waals surface area contributed by atoms with Gasteiger partial charge < -0.3 is 9.88 Å². The number of carbonyl (C=O) groups is 1. The molecule has 4 rings (SSSR count). The van der Waals surface area contributed by atoms with E-state index in [0.29, 0.717) is 18.0 Å². The first-order chi connectivity index (χ1) is 11.3. The second-order valence-electron chi connectivity index (χ2n) is 6.27. The number of rotatable bonds is 4. The minimum Gasteiger partial charge on any atom is -0.346 e. The van der Waals surface area contributed by atoms with Crippen LogP contribution in [0, 0.1) is 0 Å². The molecule has 23 heavy (non-hydrogen) atoms. The Kier molecular flexibility index (Phi) is 4.11. The highest BCUT2D eigenvalue weighted by Crippen LogP contribution is 2.33. The van der Waals surface area contributed by atoms with E-state index in [1.165, 1.54) is 19.3 Å². The predicted molar refractivity (Wildman–Crippen MR) is 88.5 cm³/mol. The average Bonchev–Trinajstić information content (AvgIpc) is 3.28. The largest absolute Gasteiger partial charge is 0.346 e. The Morgan fingerprint density at radius 3 is 3.09 bits per heavy atom. The molecule has 6 nitrogen and oxygen atoms in total. The van der Waals surface area contributed by atoms with Gasteiger partial charge in [0.15, 0.2) is 5.16 Å². The fraction of sp³-hybridized carbons (Fsp3) is 0.562. The molecule has 2 N–H and O–H groups in total. The summed E-state index contributed by atoms with van der Waals surface area (Å²) in [7, 11) is 0. The van der Waals surface area contributed by atoms with Crippen LogP contribution >= 0.6 is 11.8 Å². The van der Waals surface area contributed by atoms with E-state index in [4.69, 9.17) is 0 Å². The van der Waals surface area contributed by atoms with Gasteiger partial charge >= 0.3 is 0 Å². The maximum absolute atomic E-state index is 12.5. The topological polar surface area (TPSA) is 75.6 Å². The molecule has 2 aromatic heterocycles. The van der Waals surface area contributed by atoms with Crippen LogP contribution in [0.25, 0.3) is 0 Å². The number of fused-ring (bicyclic) bond motifs is 1. The maximum atomic E-state index is 12.5. The molecule has 3 heterocycles. The molecule has 1 saturated carbocycles. The summed E-state index contributed by atoms with van der Waals surface area (Å²) in [5, 5.41) is 11.2. The number of imidazole rings is 1. The van der Waals surface area contributed by atoms with Crippen LogP contribution in [-0.2, 0) is 13.1 Å². The van der Waals surface area contributed by atoms with Crippen LogP contribution in [0.5, 0.6) is 0 Å². The third-order valence-electron chi connectivity index (χ3n) is 4.71. The molecular weight excluding hydrogens is 310 g/mol. The molecule has 0 aromatic carbocycles. The summed E-state index contributed by atoms with van der Waals surface area (Å²) in [6, 6.07) is 0. The van der Waals surface area contributed by atoms with Crippen molar-refractivity contribution in [1.82, 2.24) is 25.1 Å². The lowest BCUT2D eigenvalue weighted by Crippen LogP contribution is -2.24. The number of nitrogens with zero attached hydrogens (tertiary/aromatic N) is 3. The molecular formula is C16H21N5OS. The zero-order valence-electron chi connectivity index (χ0n) is 13.0. The minimum atomic E-state index is -0.0554. The van der Waals surface area contributed by atoms with Gasteiger partial charge in [0.25, 0.3) is 5.91 Å². The molecule has 1 aliphatic heterocycles. The molecule has 1 fully saturated rings. The number of aromatic nitrogens is 4. The van der Waals surface area contributed by atoms with E-state index < -0.39 is 0 Å². The van der Waals surface area contributed by atoms with Gasteiger partial charge in [-0.1, -0.05) is 31.0 Å². The highest BCUT2D eigenvalue weighted by molar-refractivity contribution is 7.99. The first-order valence-corrected chi connectivity index (χ1v) is 9.30. The van der Waals surface area contributed by atoms with Crippen molar-refractivity contribution < 1.29 is 4.79 Å². The molecule has 1 aliphatic carbocycles. The van der Waals surface area contributed by atoms with E-state index in [-0.39, 0.29) is 5.91 Å². The molecule has 0 spiro atoms. The summed E-state index contributed by atoms with van der Waals surface area (Å²) in [6.07, 6.45) is 9.76. The predicted octanol–water partition coefficient (Wildman–Crippen LogP) is 2.69. The van der Waals surface area contributed by atoms with Crippen molar-refractivity contribution in [2.75, 3.05) is 5.75 Å². The van der Waals surface area contributed by atoms with Crippen molar-refractivity contribution in [3.8, 4) is 0 Å². The summed E-state index contributed by atoms with van der Waals surface area (Å²) in [6.45, 7) is 1.48. The van der Waals surface area contributed by atoms with E-state index in [1.807, 2.05) is 6.20 Å². The number of amides is 1. The molecule has 1 amide bonds. The van der Waals surface area contributed by atoms with Crippen LogP contribution < -0.4 is 5.32 Å². The SMILES string of the molecule is O=C(NCc1cn2c(n1)SCC2)c1cn[nH]c1C1CCCCC1. The number of thioether (sulfide) groups is 1. The summed E-state index contributed by atoms with van der Waals surface area (Å²) < 4.78 is 2.15. The van der Waals surface area contributed by atoms with Gasteiger partial charge in [-0.05, 0) is 12.8 Å². The number of nitrogens with one attached hydrogen (secondary N) is 2. The smallest absolute Gasteiger partial charge is 0.255 e. The second kappa shape index (κ2) is 6.39. The highest BCUT2D eigenvalue weighted by Gasteiger charge is 2.23. The molecule has 0 bridgehead atoms. The summed E-state index contributed by atoms with van der Waals surface area (Å²) in [4.78, 5) is 17.1. The third kappa shape index (κ3) is 3.02. The van der Waals surface area contributed by atoms with Crippen LogP contribution in [0.2, 0.25) is 0 Å². The molecule has 0 saturated heterocycles.